The fraction of sp³-hybridized carbons (Fsp3) is 0.158. The number of rotatable bonds is 4. The van der Waals surface area contributed by atoms with E-state index < -0.39 is 6.35 Å². The van der Waals surface area contributed by atoms with Crippen molar-refractivity contribution in [2.24, 2.45) is 0 Å². The molecule has 2 amide bonds. The van der Waals surface area contributed by atoms with Crippen LogP contribution in [0.2, 0.25) is 0 Å². The molecule has 0 radical (unpaired) electrons. The number of carbonyl (C=O) groups excluding carboxylic acids is 1. The quantitative estimate of drug-likeness (QED) is 0.663. The van der Waals surface area contributed by atoms with E-state index in [1.807, 2.05) is 18.2 Å². The number of hydrogen-bond acceptors (Lipinski definition) is 8. The molecular weight excluding hydrogens is 392 g/mol. The van der Waals surface area contributed by atoms with Crippen LogP contribution in [-0.2, 0) is 4.74 Å². The highest BCUT2D eigenvalue weighted by atomic mass is 32.1. The van der Waals surface area contributed by atoms with E-state index in [1.54, 1.807) is 42.5 Å². The maximum absolute atomic E-state index is 12.4. The Morgan fingerprint density at radius 2 is 2.00 bits per heavy atom. The van der Waals surface area contributed by atoms with E-state index in [9.17, 15) is 4.79 Å². The molecule has 0 spiro atoms. The van der Waals surface area contributed by atoms with Crippen LogP contribution in [0.5, 0.6) is 10.9 Å². The van der Waals surface area contributed by atoms with Gasteiger partial charge >= 0.3 is 6.03 Å². The van der Waals surface area contributed by atoms with Gasteiger partial charge in [-0.2, -0.15) is 14.4 Å². The average Bonchev–Trinajstić information content (AvgIpc) is 3.30. The summed E-state index contributed by atoms with van der Waals surface area (Å²) in [4.78, 5) is 22.2. The van der Waals surface area contributed by atoms with E-state index in [2.05, 4.69) is 31.6 Å². The number of nitrogens with zero attached hydrogens (tertiary/aromatic N) is 5. The van der Waals surface area contributed by atoms with Gasteiger partial charge in [-0.15, -0.1) is 0 Å². The number of carbonyl (C=O) groups is 1. The minimum atomic E-state index is -0.610. The second kappa shape index (κ2) is 8.24. The van der Waals surface area contributed by atoms with Gasteiger partial charge in [-0.3, -0.25) is 5.43 Å². The molecule has 9 nitrogen and oxygen atoms in total. The van der Waals surface area contributed by atoms with E-state index in [1.165, 1.54) is 12.0 Å². The number of hydrogen-bond donors (Lipinski definition) is 1. The average molecular weight is 408 g/mol. The third-order valence-electron chi connectivity index (χ3n) is 3.95. The Bertz CT molecular complexity index is 1080. The number of methoxy groups -OCH3 is 1. The zero-order valence-corrected chi connectivity index (χ0v) is 16.4. The van der Waals surface area contributed by atoms with Crippen molar-refractivity contribution in [2.45, 2.75) is 6.35 Å². The molecular formula is C19H16N6O3S. The lowest BCUT2D eigenvalue weighted by molar-refractivity contribution is -0.00649. The SMILES string of the molecule is COC1N(C)NC(=O)N1c1ccccc1Oc1nc(C#Cc2ccccn2)ns1. The van der Waals surface area contributed by atoms with Gasteiger partial charge in [0, 0.05) is 31.9 Å². The topological polar surface area (TPSA) is 92.7 Å². The highest BCUT2D eigenvalue weighted by Gasteiger charge is 2.38. The number of amides is 2. The number of aromatic nitrogens is 3. The molecule has 2 aromatic heterocycles. The molecule has 1 fully saturated rings. The molecule has 1 unspecified atom stereocenters. The first-order valence-electron chi connectivity index (χ1n) is 8.55. The van der Waals surface area contributed by atoms with E-state index in [0.29, 0.717) is 28.1 Å². The van der Waals surface area contributed by atoms with Crippen molar-refractivity contribution in [3.63, 3.8) is 0 Å². The maximum atomic E-state index is 12.4. The molecule has 1 saturated heterocycles. The normalized spacial score (nSPS) is 16.3. The molecule has 1 atom stereocenters. The Morgan fingerprint density at radius 3 is 2.79 bits per heavy atom. The van der Waals surface area contributed by atoms with Gasteiger partial charge in [-0.1, -0.05) is 18.2 Å². The van der Waals surface area contributed by atoms with Crippen LogP contribution >= 0.6 is 11.5 Å². The highest BCUT2D eigenvalue weighted by molar-refractivity contribution is 7.07. The number of hydrazine groups is 1. The monoisotopic (exact) mass is 408 g/mol. The van der Waals surface area contributed by atoms with Gasteiger partial charge in [0.1, 0.15) is 5.69 Å². The summed E-state index contributed by atoms with van der Waals surface area (Å²) in [7, 11) is 3.24. The summed E-state index contributed by atoms with van der Waals surface area (Å²) in [5.41, 5.74) is 3.85. The Kier molecular flexibility index (Phi) is 5.35. The lowest BCUT2D eigenvalue weighted by Crippen LogP contribution is -2.40. The molecule has 1 N–H and O–H groups in total. The largest absolute Gasteiger partial charge is 0.428 e. The number of nitrogens with one attached hydrogen (secondary N) is 1. The lowest BCUT2D eigenvalue weighted by Gasteiger charge is -2.25. The third-order valence-corrected chi connectivity index (χ3v) is 4.55. The first-order chi connectivity index (χ1) is 14.2. The van der Waals surface area contributed by atoms with Crippen LogP contribution in [0, 0.1) is 11.8 Å². The molecule has 29 heavy (non-hydrogen) atoms. The zero-order chi connectivity index (χ0) is 20.2. The minimum Gasteiger partial charge on any atom is -0.428 e. The fourth-order valence-corrected chi connectivity index (χ4v) is 3.23. The van der Waals surface area contributed by atoms with Crippen LogP contribution < -0.4 is 15.1 Å². The molecule has 1 aliphatic rings. The second-order valence-electron chi connectivity index (χ2n) is 5.88. The number of anilines is 1. The predicted octanol–water partition coefficient (Wildman–Crippen LogP) is 2.43. The van der Waals surface area contributed by atoms with Gasteiger partial charge in [0.05, 0.1) is 5.69 Å². The molecule has 0 saturated carbocycles. The predicted molar refractivity (Wildman–Crippen MR) is 106 cm³/mol. The summed E-state index contributed by atoms with van der Waals surface area (Å²) in [6.07, 6.45) is 1.06. The third kappa shape index (κ3) is 4.02. The molecule has 146 valence electrons. The summed E-state index contributed by atoms with van der Waals surface area (Å²) >= 11 is 1.07. The van der Waals surface area contributed by atoms with Gasteiger partial charge in [0.25, 0.3) is 5.19 Å². The van der Waals surface area contributed by atoms with Crippen LogP contribution in [0.4, 0.5) is 10.5 Å². The number of ether oxygens (including phenoxy) is 2. The van der Waals surface area contributed by atoms with E-state index in [-0.39, 0.29) is 6.03 Å². The van der Waals surface area contributed by atoms with Crippen LogP contribution in [0.3, 0.4) is 0 Å². The summed E-state index contributed by atoms with van der Waals surface area (Å²) in [5.74, 6) is 6.54. The number of urea groups is 1. The number of benzene rings is 1. The molecule has 3 heterocycles. The number of pyridine rings is 1. The summed E-state index contributed by atoms with van der Waals surface area (Å²) in [6.45, 7) is 0. The van der Waals surface area contributed by atoms with Gasteiger partial charge in [-0.25, -0.2) is 14.7 Å². The minimum absolute atomic E-state index is 0.310. The standard InChI is InChI=1S/C19H16N6O3S/c1-24-19(27-2)25(17(26)22-24)14-8-3-4-9-15(14)28-18-21-16(23-29-18)11-10-13-7-5-6-12-20-13/h3-9,12,19H,1-2H3,(H,22,26). The second-order valence-corrected chi connectivity index (χ2v) is 6.59. The molecule has 1 aromatic carbocycles. The van der Waals surface area contributed by atoms with Crippen molar-refractivity contribution in [3.05, 3.63) is 60.2 Å². The zero-order valence-electron chi connectivity index (χ0n) is 15.6. The van der Waals surface area contributed by atoms with Crippen molar-refractivity contribution in [2.75, 3.05) is 19.1 Å². The summed E-state index contributed by atoms with van der Waals surface area (Å²) in [6, 6.07) is 12.3. The summed E-state index contributed by atoms with van der Waals surface area (Å²) in [5, 5.41) is 1.87. The van der Waals surface area contributed by atoms with Gasteiger partial charge in [0.15, 0.2) is 5.75 Å². The van der Waals surface area contributed by atoms with Crippen molar-refractivity contribution in [1.82, 2.24) is 24.8 Å². The van der Waals surface area contributed by atoms with Crippen LogP contribution in [-0.4, -0.2) is 45.9 Å². The van der Waals surface area contributed by atoms with Gasteiger partial charge in [0.2, 0.25) is 12.2 Å². The molecule has 0 bridgehead atoms. The Hall–Kier alpha value is -3.52. The molecule has 0 aliphatic carbocycles. The molecule has 4 rings (SSSR count). The first-order valence-corrected chi connectivity index (χ1v) is 9.32. The van der Waals surface area contributed by atoms with E-state index in [4.69, 9.17) is 9.47 Å². The summed E-state index contributed by atoms with van der Waals surface area (Å²) < 4.78 is 15.5. The maximum Gasteiger partial charge on any atom is 0.339 e. The highest BCUT2D eigenvalue weighted by Crippen LogP contribution is 2.35. The van der Waals surface area contributed by atoms with E-state index in [0.717, 1.165) is 11.5 Å². The first kappa shape index (κ1) is 18.8. The fourth-order valence-electron chi connectivity index (χ4n) is 2.72. The smallest absolute Gasteiger partial charge is 0.339 e. The van der Waals surface area contributed by atoms with E-state index >= 15 is 0 Å². The Labute approximate surface area is 171 Å². The van der Waals surface area contributed by atoms with Crippen molar-refractivity contribution >= 4 is 23.3 Å². The van der Waals surface area contributed by atoms with Crippen LogP contribution in [0.25, 0.3) is 0 Å². The van der Waals surface area contributed by atoms with Crippen LogP contribution in [0.1, 0.15) is 11.5 Å². The van der Waals surface area contributed by atoms with Crippen molar-refractivity contribution < 1.29 is 14.3 Å². The lowest BCUT2D eigenvalue weighted by atomic mass is 10.2. The molecule has 3 aromatic rings. The number of para-hydroxylation sites is 2. The Balaban J connectivity index is 1.57. The van der Waals surface area contributed by atoms with Gasteiger partial charge < -0.3 is 9.47 Å². The Morgan fingerprint density at radius 1 is 1.17 bits per heavy atom. The molecule has 1 aliphatic heterocycles. The van der Waals surface area contributed by atoms with Crippen molar-refractivity contribution in [1.29, 1.82) is 0 Å². The van der Waals surface area contributed by atoms with Crippen molar-refractivity contribution in [3.8, 4) is 22.8 Å². The van der Waals surface area contributed by atoms with Gasteiger partial charge in [-0.05, 0) is 36.1 Å². The van der Waals surface area contributed by atoms with Crippen LogP contribution in [0.15, 0.2) is 48.7 Å². The molecule has 10 heteroatoms.